The molecule has 0 saturated carbocycles. The smallest absolute Gasteiger partial charge is 0.413 e. The van der Waals surface area contributed by atoms with Crippen LogP contribution in [0.3, 0.4) is 0 Å². The minimum atomic E-state index is -4.70. The number of ether oxygens (including phenoxy) is 1. The molecule has 1 heterocycles. The Balaban J connectivity index is 2.10. The van der Waals surface area contributed by atoms with Crippen molar-refractivity contribution in [2.75, 3.05) is 19.1 Å². The highest BCUT2D eigenvalue weighted by molar-refractivity contribution is 7.85. The lowest BCUT2D eigenvalue weighted by atomic mass is 10.2. The maximum Gasteiger partial charge on any atom is 0.413 e. The summed E-state index contributed by atoms with van der Waals surface area (Å²) in [4.78, 5) is 36.3. The molecule has 0 aliphatic heterocycles. The minimum absolute atomic E-state index is 0.0107. The quantitative estimate of drug-likeness (QED) is 0.780. The normalized spacial score (nSPS) is 10.7. The number of hydrogen-bond donors (Lipinski definition) is 1. The molecule has 2 aromatic rings. The van der Waals surface area contributed by atoms with Crippen LogP contribution in [0.4, 0.5) is 10.7 Å². The average molecular weight is 381 g/mol. The summed E-state index contributed by atoms with van der Waals surface area (Å²) >= 11 is 0. The van der Waals surface area contributed by atoms with Crippen LogP contribution in [-0.2, 0) is 14.5 Å². The van der Waals surface area contributed by atoms with Crippen LogP contribution in [0.1, 0.15) is 16.2 Å². The molecule has 0 aliphatic rings. The third kappa shape index (κ3) is 4.86. The van der Waals surface area contributed by atoms with Crippen molar-refractivity contribution in [3.8, 4) is 6.01 Å². The molecule has 0 spiro atoms. The Hall–Kier alpha value is -3.28. The number of carbonyl (C=O) groups is 2. The number of nitrogens with zero attached hydrogens (tertiary/aromatic N) is 4. The predicted molar refractivity (Wildman–Crippen MR) is 88.8 cm³/mol. The molecule has 0 fully saturated rings. The Kier molecular flexibility index (Phi) is 5.67. The van der Waals surface area contributed by atoms with Crippen LogP contribution in [0.5, 0.6) is 6.01 Å². The molecule has 1 aromatic carbocycles. The van der Waals surface area contributed by atoms with E-state index in [1.54, 1.807) is 10.8 Å². The van der Waals surface area contributed by atoms with Gasteiger partial charge in [-0.3, -0.25) is 4.90 Å². The van der Waals surface area contributed by atoms with Crippen molar-refractivity contribution in [3.05, 3.63) is 41.7 Å². The lowest BCUT2D eigenvalue weighted by molar-refractivity contribution is 0.0745. The summed E-state index contributed by atoms with van der Waals surface area (Å²) in [6.07, 6.45) is 0. The van der Waals surface area contributed by atoms with Crippen LogP contribution in [0.2, 0.25) is 0 Å². The van der Waals surface area contributed by atoms with Crippen molar-refractivity contribution >= 4 is 28.3 Å². The maximum absolute atomic E-state index is 12.1. The van der Waals surface area contributed by atoms with Gasteiger partial charge in [0.15, 0.2) is 0 Å². The zero-order valence-electron chi connectivity index (χ0n) is 14.0. The number of amides is 2. The molecule has 138 valence electrons. The fourth-order valence-corrected chi connectivity index (χ4v) is 2.38. The van der Waals surface area contributed by atoms with Crippen LogP contribution in [0.15, 0.2) is 30.3 Å². The first-order valence-corrected chi connectivity index (χ1v) is 8.48. The number of benzene rings is 1. The number of aromatic nitrogens is 3. The predicted octanol–water partition coefficient (Wildman–Crippen LogP) is 0.436. The van der Waals surface area contributed by atoms with E-state index in [9.17, 15) is 18.0 Å². The van der Waals surface area contributed by atoms with Crippen molar-refractivity contribution < 1.29 is 26.9 Å². The summed E-state index contributed by atoms with van der Waals surface area (Å²) in [6.45, 7) is 1.54. The highest BCUT2D eigenvalue weighted by Gasteiger charge is 2.25. The molecular weight excluding hydrogens is 366 g/mol. The molecule has 0 unspecified atom stereocenters. The van der Waals surface area contributed by atoms with Crippen LogP contribution in [0, 0.1) is 6.92 Å². The van der Waals surface area contributed by atoms with E-state index in [2.05, 4.69) is 19.1 Å². The summed E-state index contributed by atoms with van der Waals surface area (Å²) in [5.74, 6) is -1.03. The standard InChI is InChI=1S/C14H15N5O6S/c1-9-15-12(17-13(16-9)24-3)19(2)14(21)18-26(22,23)25-11(20)10-7-5-4-6-8-10/h4-8H,1-3H3,(H,18,21). The lowest BCUT2D eigenvalue weighted by Crippen LogP contribution is -2.42. The molecule has 0 aliphatic carbocycles. The van der Waals surface area contributed by atoms with Gasteiger partial charge >= 0.3 is 28.3 Å². The number of nitrogens with one attached hydrogen (secondary N) is 1. The summed E-state index contributed by atoms with van der Waals surface area (Å²) < 4.78 is 34.5. The number of carbonyl (C=O) groups excluding carboxylic acids is 2. The Bertz CT molecular complexity index is 919. The second kappa shape index (κ2) is 7.74. The van der Waals surface area contributed by atoms with Crippen LogP contribution in [0.25, 0.3) is 0 Å². The van der Waals surface area contributed by atoms with Gasteiger partial charge in [0, 0.05) is 7.05 Å². The Morgan fingerprint density at radius 3 is 2.38 bits per heavy atom. The molecule has 1 aromatic heterocycles. The monoisotopic (exact) mass is 381 g/mol. The van der Waals surface area contributed by atoms with Gasteiger partial charge < -0.3 is 8.92 Å². The van der Waals surface area contributed by atoms with E-state index in [1.165, 1.54) is 45.3 Å². The lowest BCUT2D eigenvalue weighted by Gasteiger charge is -2.16. The van der Waals surface area contributed by atoms with Gasteiger partial charge in [-0.2, -0.15) is 23.4 Å². The van der Waals surface area contributed by atoms with E-state index in [-0.39, 0.29) is 23.3 Å². The second-order valence-corrected chi connectivity index (χ2v) is 6.11. The van der Waals surface area contributed by atoms with Gasteiger partial charge in [-0.1, -0.05) is 18.2 Å². The van der Waals surface area contributed by atoms with Gasteiger partial charge in [0.25, 0.3) is 0 Å². The topological polar surface area (TPSA) is 141 Å². The van der Waals surface area contributed by atoms with E-state index in [4.69, 9.17) is 4.74 Å². The van der Waals surface area contributed by atoms with Gasteiger partial charge in [0.05, 0.1) is 12.7 Å². The SMILES string of the molecule is COc1nc(C)nc(N(C)C(=O)NS(=O)(=O)OC(=O)c2ccccc2)n1. The van der Waals surface area contributed by atoms with Gasteiger partial charge in [0.1, 0.15) is 5.82 Å². The molecule has 2 rings (SSSR count). The molecule has 0 atom stereocenters. The van der Waals surface area contributed by atoms with Gasteiger partial charge in [-0.05, 0) is 19.1 Å². The highest BCUT2D eigenvalue weighted by Crippen LogP contribution is 2.11. The van der Waals surface area contributed by atoms with Crippen molar-refractivity contribution in [2.45, 2.75) is 6.92 Å². The number of methoxy groups -OCH3 is 1. The average Bonchev–Trinajstić information content (AvgIpc) is 2.60. The third-order valence-electron chi connectivity index (χ3n) is 2.91. The summed E-state index contributed by atoms with van der Waals surface area (Å²) in [5.41, 5.74) is 0.0107. The van der Waals surface area contributed by atoms with Crippen molar-refractivity contribution in [3.63, 3.8) is 0 Å². The number of urea groups is 1. The van der Waals surface area contributed by atoms with Gasteiger partial charge in [0.2, 0.25) is 5.95 Å². The second-order valence-electron chi connectivity index (χ2n) is 4.83. The third-order valence-corrected chi connectivity index (χ3v) is 3.70. The minimum Gasteiger partial charge on any atom is -0.467 e. The molecule has 12 heteroatoms. The fraction of sp³-hybridized carbons (Fsp3) is 0.214. The van der Waals surface area contributed by atoms with Crippen LogP contribution in [-0.4, -0.2) is 49.5 Å². The number of aryl methyl sites for hydroxylation is 1. The molecular formula is C14H15N5O6S. The van der Waals surface area contributed by atoms with E-state index in [0.29, 0.717) is 0 Å². The first kappa shape index (κ1) is 19.1. The molecule has 26 heavy (non-hydrogen) atoms. The summed E-state index contributed by atoms with van der Waals surface area (Å²) in [5, 5.41) is 0. The van der Waals surface area contributed by atoms with Crippen LogP contribution >= 0.6 is 0 Å². The van der Waals surface area contributed by atoms with Crippen molar-refractivity contribution in [1.82, 2.24) is 19.7 Å². The fourth-order valence-electron chi connectivity index (χ4n) is 1.69. The van der Waals surface area contributed by atoms with Crippen molar-refractivity contribution in [1.29, 1.82) is 0 Å². The van der Waals surface area contributed by atoms with Gasteiger partial charge in [-0.25, -0.2) is 14.3 Å². The van der Waals surface area contributed by atoms with E-state index < -0.39 is 22.3 Å². The Morgan fingerprint density at radius 1 is 1.12 bits per heavy atom. The first-order valence-electron chi connectivity index (χ1n) is 7.08. The molecule has 11 nitrogen and oxygen atoms in total. The number of rotatable bonds is 5. The maximum atomic E-state index is 12.1. The number of hydrogen-bond acceptors (Lipinski definition) is 9. The molecule has 2 amide bonds. The van der Waals surface area contributed by atoms with E-state index >= 15 is 0 Å². The summed E-state index contributed by atoms with van der Waals surface area (Å²) in [6, 6.07) is 6.26. The largest absolute Gasteiger partial charge is 0.467 e. The summed E-state index contributed by atoms with van der Waals surface area (Å²) in [7, 11) is -2.15. The zero-order chi connectivity index (χ0) is 19.3. The molecule has 1 N–H and O–H groups in total. The highest BCUT2D eigenvalue weighted by atomic mass is 32.2. The molecule has 0 bridgehead atoms. The Labute approximate surface area is 149 Å². The zero-order valence-corrected chi connectivity index (χ0v) is 14.8. The molecule has 0 radical (unpaired) electrons. The first-order chi connectivity index (χ1) is 12.2. The number of anilines is 1. The Morgan fingerprint density at radius 2 is 1.77 bits per heavy atom. The van der Waals surface area contributed by atoms with Gasteiger partial charge in [-0.15, -0.1) is 0 Å². The van der Waals surface area contributed by atoms with E-state index in [0.717, 1.165) is 4.90 Å². The van der Waals surface area contributed by atoms with E-state index in [1.807, 2.05) is 0 Å². The molecule has 0 saturated heterocycles. The van der Waals surface area contributed by atoms with Crippen LogP contribution < -0.4 is 14.4 Å². The van der Waals surface area contributed by atoms with Crippen molar-refractivity contribution in [2.24, 2.45) is 0 Å².